The molecule has 1 aromatic carbocycles. The first kappa shape index (κ1) is 17.3. The molecule has 0 unspecified atom stereocenters. The van der Waals surface area contributed by atoms with Crippen molar-refractivity contribution < 1.29 is 22.6 Å². The van der Waals surface area contributed by atoms with Crippen molar-refractivity contribution in [3.63, 3.8) is 0 Å². The van der Waals surface area contributed by atoms with Gasteiger partial charge in [0.2, 0.25) is 0 Å². The molecule has 104 valence electrons. The summed E-state index contributed by atoms with van der Waals surface area (Å²) in [6.07, 6.45) is -4.51. The molecule has 0 radical (unpaired) electrons. The van der Waals surface area contributed by atoms with E-state index in [1.165, 1.54) is 26.4 Å². The number of halogens is 5. The molecule has 3 nitrogen and oxygen atoms in total. The average molecular weight is 351 g/mol. The third-order valence-electron chi connectivity index (χ3n) is 2.18. The van der Waals surface area contributed by atoms with E-state index >= 15 is 0 Å². The second-order valence-electron chi connectivity index (χ2n) is 3.26. The van der Waals surface area contributed by atoms with Gasteiger partial charge in [-0.3, -0.25) is 0 Å². The van der Waals surface area contributed by atoms with Crippen molar-refractivity contribution in [2.45, 2.75) is 12.2 Å². The zero-order chi connectivity index (χ0) is 13.2. The molecule has 0 saturated heterocycles. The zero-order valence-corrected chi connectivity index (χ0v) is 11.9. The maximum atomic E-state index is 12.5. The summed E-state index contributed by atoms with van der Waals surface area (Å²) in [5.74, 6) is 0.470. The van der Waals surface area contributed by atoms with Gasteiger partial charge in [-0.1, -0.05) is 0 Å². The molecule has 0 aliphatic carbocycles. The first-order chi connectivity index (χ1) is 7.81. The summed E-state index contributed by atoms with van der Waals surface area (Å²) in [6, 6.07) is 0.383. The van der Waals surface area contributed by atoms with E-state index in [2.05, 4.69) is 15.9 Å². The van der Waals surface area contributed by atoms with Crippen LogP contribution in [-0.4, -0.2) is 20.4 Å². The number of hydrogen-bond acceptors (Lipinski definition) is 3. The third-order valence-corrected chi connectivity index (χ3v) is 2.96. The molecule has 1 aromatic rings. The average Bonchev–Trinajstić information content (AvgIpc) is 2.27. The van der Waals surface area contributed by atoms with E-state index in [-0.39, 0.29) is 29.5 Å². The molecular weight excluding hydrogens is 338 g/mol. The van der Waals surface area contributed by atoms with Crippen molar-refractivity contribution in [3.8, 4) is 11.5 Å². The molecule has 0 aliphatic rings. The van der Waals surface area contributed by atoms with Crippen molar-refractivity contribution in [1.82, 2.24) is 0 Å². The predicted octanol–water partition coefficient (Wildman–Crippen LogP) is 3.45. The van der Waals surface area contributed by atoms with Crippen molar-refractivity contribution in [2.24, 2.45) is 5.73 Å². The Morgan fingerprint density at radius 3 is 1.83 bits per heavy atom. The third kappa shape index (κ3) is 3.66. The van der Waals surface area contributed by atoms with Crippen molar-refractivity contribution >= 4 is 28.3 Å². The van der Waals surface area contributed by atoms with Crippen LogP contribution in [0.5, 0.6) is 11.5 Å². The van der Waals surface area contributed by atoms with E-state index < -0.39 is 12.2 Å². The minimum Gasteiger partial charge on any atom is -0.495 e. The van der Waals surface area contributed by atoms with Crippen LogP contribution in [0.25, 0.3) is 0 Å². The van der Waals surface area contributed by atoms with Gasteiger partial charge >= 0.3 is 6.18 Å². The van der Waals surface area contributed by atoms with E-state index in [9.17, 15) is 13.2 Å². The van der Waals surface area contributed by atoms with Crippen LogP contribution in [0.15, 0.2) is 16.6 Å². The molecule has 0 spiro atoms. The number of rotatable bonds is 3. The van der Waals surface area contributed by atoms with Crippen LogP contribution in [0.4, 0.5) is 13.2 Å². The highest BCUT2D eigenvalue weighted by Crippen LogP contribution is 2.40. The molecule has 18 heavy (non-hydrogen) atoms. The lowest BCUT2D eigenvalue weighted by atomic mass is 10.1. The Morgan fingerprint density at radius 2 is 1.56 bits per heavy atom. The maximum absolute atomic E-state index is 12.5. The zero-order valence-electron chi connectivity index (χ0n) is 9.55. The topological polar surface area (TPSA) is 44.5 Å². The monoisotopic (exact) mass is 349 g/mol. The van der Waals surface area contributed by atoms with E-state index in [0.29, 0.717) is 4.47 Å². The molecule has 2 N–H and O–H groups in total. The molecule has 0 aliphatic heterocycles. The molecule has 0 heterocycles. The summed E-state index contributed by atoms with van der Waals surface area (Å²) in [5, 5.41) is 0. The van der Waals surface area contributed by atoms with E-state index in [4.69, 9.17) is 15.2 Å². The summed E-state index contributed by atoms with van der Waals surface area (Å²) >= 11 is 3.16. The highest BCUT2D eigenvalue weighted by atomic mass is 79.9. The largest absolute Gasteiger partial charge is 0.495 e. The Morgan fingerprint density at radius 1 is 1.17 bits per heavy atom. The number of alkyl halides is 3. The van der Waals surface area contributed by atoms with Crippen LogP contribution in [0.3, 0.4) is 0 Å². The summed E-state index contributed by atoms with van der Waals surface area (Å²) in [5.41, 5.74) is 5.00. The summed E-state index contributed by atoms with van der Waals surface area (Å²) < 4.78 is 47.8. The van der Waals surface area contributed by atoms with Crippen LogP contribution in [0.1, 0.15) is 11.6 Å². The Kier molecular flexibility index (Phi) is 6.25. The van der Waals surface area contributed by atoms with Gasteiger partial charge in [0.05, 0.1) is 14.2 Å². The smallest absolute Gasteiger partial charge is 0.407 e. The maximum Gasteiger partial charge on any atom is 0.407 e. The Bertz CT molecular complexity index is 390. The van der Waals surface area contributed by atoms with Gasteiger partial charge in [0, 0.05) is 0 Å². The van der Waals surface area contributed by atoms with Gasteiger partial charge in [0.1, 0.15) is 22.0 Å². The number of hydrogen-bond donors (Lipinski definition) is 1. The number of nitrogens with two attached hydrogens (primary N) is 1. The van der Waals surface area contributed by atoms with E-state index in [1.54, 1.807) is 0 Å². The molecule has 8 heteroatoms. The molecule has 0 fully saturated rings. The quantitative estimate of drug-likeness (QED) is 0.908. The van der Waals surface area contributed by atoms with Crippen LogP contribution < -0.4 is 15.2 Å². The van der Waals surface area contributed by atoms with Gasteiger partial charge in [-0.05, 0) is 33.6 Å². The van der Waals surface area contributed by atoms with Gasteiger partial charge in [-0.15, -0.1) is 12.4 Å². The summed E-state index contributed by atoms with van der Waals surface area (Å²) in [6.45, 7) is 0. The van der Waals surface area contributed by atoms with Crippen molar-refractivity contribution in [3.05, 3.63) is 22.2 Å². The first-order valence-electron chi connectivity index (χ1n) is 4.55. The van der Waals surface area contributed by atoms with Crippen LogP contribution in [0, 0.1) is 0 Å². The van der Waals surface area contributed by atoms with Gasteiger partial charge in [0.15, 0.2) is 0 Å². The predicted molar refractivity (Wildman–Crippen MR) is 67.5 cm³/mol. The lowest BCUT2D eigenvalue weighted by Gasteiger charge is -2.18. The minimum atomic E-state index is -4.51. The first-order valence-corrected chi connectivity index (χ1v) is 5.34. The standard InChI is InChI=1S/C10H11BrF3NO2.ClH/c1-16-6-3-5(9(15)10(12,13)14)4-7(17-2)8(6)11;/h3-4,9H,15H2,1-2H3;1H/t9-;/m0./s1. The fraction of sp³-hybridized carbons (Fsp3) is 0.400. The number of benzene rings is 1. The Balaban J connectivity index is 0.00000289. The van der Waals surface area contributed by atoms with E-state index in [1.807, 2.05) is 0 Å². The highest BCUT2D eigenvalue weighted by molar-refractivity contribution is 9.10. The van der Waals surface area contributed by atoms with Crippen molar-refractivity contribution in [2.75, 3.05) is 14.2 Å². The Labute approximate surface area is 117 Å². The van der Waals surface area contributed by atoms with Crippen molar-refractivity contribution in [1.29, 1.82) is 0 Å². The van der Waals surface area contributed by atoms with Crippen LogP contribution >= 0.6 is 28.3 Å². The van der Waals surface area contributed by atoms with Gasteiger partial charge in [-0.25, -0.2) is 0 Å². The van der Waals surface area contributed by atoms with Gasteiger partial charge in [0.25, 0.3) is 0 Å². The van der Waals surface area contributed by atoms with Gasteiger partial charge in [-0.2, -0.15) is 13.2 Å². The van der Waals surface area contributed by atoms with E-state index in [0.717, 1.165) is 0 Å². The second kappa shape index (κ2) is 6.49. The Hall–Kier alpha value is -0.660. The molecule has 0 bridgehead atoms. The second-order valence-corrected chi connectivity index (χ2v) is 4.05. The molecule has 1 atom stereocenters. The lowest BCUT2D eigenvalue weighted by Crippen LogP contribution is -2.28. The minimum absolute atomic E-state index is 0. The fourth-order valence-electron chi connectivity index (χ4n) is 1.26. The summed E-state index contributed by atoms with van der Waals surface area (Å²) in [7, 11) is 2.70. The summed E-state index contributed by atoms with van der Waals surface area (Å²) in [4.78, 5) is 0. The van der Waals surface area contributed by atoms with Gasteiger partial charge < -0.3 is 15.2 Å². The highest BCUT2D eigenvalue weighted by Gasteiger charge is 2.38. The number of methoxy groups -OCH3 is 2. The normalized spacial score (nSPS) is 12.6. The molecule has 0 aromatic heterocycles. The lowest BCUT2D eigenvalue weighted by molar-refractivity contribution is -0.149. The SMILES string of the molecule is COc1cc([C@H](N)C(F)(F)F)cc(OC)c1Br.Cl. The number of ether oxygens (including phenoxy) is 2. The van der Waals surface area contributed by atoms with Crippen LogP contribution in [0.2, 0.25) is 0 Å². The molecule has 1 rings (SSSR count). The molecule has 0 amide bonds. The molecular formula is C10H12BrClF3NO2. The fourth-order valence-corrected chi connectivity index (χ4v) is 1.81. The van der Waals surface area contributed by atoms with Crippen LogP contribution in [-0.2, 0) is 0 Å². The molecule has 0 saturated carbocycles.